The number of sulfone groups is 1. The molecule has 0 amide bonds. The number of aliphatic hydroxyl groups excluding tert-OH is 1. The largest absolute Gasteiger partial charge is 0.482 e. The fourth-order valence-electron chi connectivity index (χ4n) is 3.59. The van der Waals surface area contributed by atoms with Gasteiger partial charge in [0.2, 0.25) is 9.84 Å². The summed E-state index contributed by atoms with van der Waals surface area (Å²) >= 11 is 5.99. The number of nitrogens with one attached hydrogen (secondary N) is 1. The average molecular weight is 569 g/mol. The summed E-state index contributed by atoms with van der Waals surface area (Å²) in [5, 5.41) is 14.2. The molecule has 3 rings (SSSR count). The van der Waals surface area contributed by atoms with Gasteiger partial charge in [-0.2, -0.15) is 0 Å². The van der Waals surface area contributed by atoms with Crippen molar-refractivity contribution in [1.82, 2.24) is 5.32 Å². The first-order chi connectivity index (χ1) is 17.2. The van der Waals surface area contributed by atoms with Crippen molar-refractivity contribution in [3.8, 4) is 5.75 Å². The second-order valence-corrected chi connectivity index (χ2v) is 10.7. The third kappa shape index (κ3) is 9.02. The Bertz CT molecular complexity index is 1270. The lowest BCUT2D eigenvalue weighted by Crippen LogP contribution is -2.32. The minimum Gasteiger partial charge on any atom is -0.482 e. The highest BCUT2D eigenvalue weighted by molar-refractivity contribution is 7.91. The Balaban J connectivity index is 0.00000481. The fraction of sp³-hybridized carbons (Fsp3) is 0.296. The molecular weight excluding hydrogens is 537 g/mol. The SMILES string of the molecule is CCOC(=O)COc1cccc(S(=O)(=O)c2ccc(C[C@@H](C)NC[C@H](O)c3cccc(Cl)c3)cc2)c1.Cl. The first-order valence-corrected chi connectivity index (χ1v) is 13.4. The first-order valence-electron chi connectivity index (χ1n) is 11.6. The Labute approximate surface area is 229 Å². The third-order valence-corrected chi connectivity index (χ3v) is 7.45. The maximum Gasteiger partial charge on any atom is 0.344 e. The van der Waals surface area contributed by atoms with E-state index in [-0.39, 0.29) is 47.2 Å². The summed E-state index contributed by atoms with van der Waals surface area (Å²) in [4.78, 5) is 11.7. The van der Waals surface area contributed by atoms with Crippen molar-refractivity contribution in [2.24, 2.45) is 0 Å². The van der Waals surface area contributed by atoms with E-state index in [1.54, 1.807) is 61.5 Å². The lowest BCUT2D eigenvalue weighted by molar-refractivity contribution is -0.145. The van der Waals surface area contributed by atoms with E-state index in [2.05, 4.69) is 5.32 Å². The summed E-state index contributed by atoms with van der Waals surface area (Å²) in [5.74, 6) is -0.260. The van der Waals surface area contributed by atoms with Crippen LogP contribution in [-0.2, 0) is 25.8 Å². The van der Waals surface area contributed by atoms with Crippen molar-refractivity contribution in [3.05, 3.63) is 88.9 Å². The summed E-state index contributed by atoms with van der Waals surface area (Å²) in [5.41, 5.74) is 1.70. The normalized spacial score (nSPS) is 12.8. The van der Waals surface area contributed by atoms with Crippen molar-refractivity contribution >= 4 is 39.8 Å². The quantitative estimate of drug-likeness (QED) is 0.303. The van der Waals surface area contributed by atoms with E-state index in [9.17, 15) is 18.3 Å². The highest BCUT2D eigenvalue weighted by Crippen LogP contribution is 2.25. The van der Waals surface area contributed by atoms with Gasteiger partial charge in [-0.1, -0.05) is 41.9 Å². The molecule has 0 spiro atoms. The summed E-state index contributed by atoms with van der Waals surface area (Å²) in [6.45, 7) is 4.00. The first kappa shape index (κ1) is 30.6. The molecule has 0 heterocycles. The molecule has 2 atom stereocenters. The number of benzene rings is 3. The minimum absolute atomic E-state index is 0. The van der Waals surface area contributed by atoms with E-state index in [4.69, 9.17) is 21.1 Å². The molecule has 0 aromatic heterocycles. The maximum atomic E-state index is 13.1. The molecule has 2 N–H and O–H groups in total. The highest BCUT2D eigenvalue weighted by Gasteiger charge is 2.19. The van der Waals surface area contributed by atoms with Crippen LogP contribution in [0.1, 0.15) is 31.1 Å². The van der Waals surface area contributed by atoms with Crippen LogP contribution in [0.3, 0.4) is 0 Å². The summed E-state index contributed by atoms with van der Waals surface area (Å²) < 4.78 is 36.4. The van der Waals surface area contributed by atoms with Crippen LogP contribution in [0.15, 0.2) is 82.6 Å². The molecule has 0 bridgehead atoms. The van der Waals surface area contributed by atoms with Gasteiger partial charge in [0.05, 0.1) is 22.5 Å². The monoisotopic (exact) mass is 567 g/mol. The van der Waals surface area contributed by atoms with E-state index in [0.29, 0.717) is 18.0 Å². The van der Waals surface area contributed by atoms with Crippen LogP contribution in [0.5, 0.6) is 5.75 Å². The Hall–Kier alpha value is -2.62. The molecule has 3 aromatic carbocycles. The third-order valence-electron chi connectivity index (χ3n) is 5.45. The van der Waals surface area contributed by atoms with Crippen molar-refractivity contribution in [2.45, 2.75) is 42.2 Å². The topological polar surface area (TPSA) is 102 Å². The van der Waals surface area contributed by atoms with Gasteiger partial charge in [0.25, 0.3) is 0 Å². The molecule has 3 aromatic rings. The second kappa shape index (κ2) is 14.4. The van der Waals surface area contributed by atoms with Gasteiger partial charge in [0.15, 0.2) is 6.61 Å². The molecule has 0 saturated carbocycles. The number of carbonyl (C=O) groups excluding carboxylic acids is 1. The Morgan fingerprint density at radius 3 is 2.41 bits per heavy atom. The predicted molar refractivity (Wildman–Crippen MR) is 145 cm³/mol. The number of esters is 1. The molecule has 0 unspecified atom stereocenters. The molecule has 0 aliphatic heterocycles. The van der Waals surface area contributed by atoms with E-state index in [0.717, 1.165) is 11.1 Å². The number of ether oxygens (including phenoxy) is 2. The van der Waals surface area contributed by atoms with Crippen molar-refractivity contribution < 1.29 is 27.8 Å². The molecule has 0 aliphatic carbocycles. The zero-order chi connectivity index (χ0) is 26.1. The zero-order valence-electron chi connectivity index (χ0n) is 20.6. The van der Waals surface area contributed by atoms with Gasteiger partial charge in [-0.05, 0) is 73.9 Å². The lowest BCUT2D eigenvalue weighted by Gasteiger charge is -2.18. The van der Waals surface area contributed by atoms with E-state index >= 15 is 0 Å². The number of aliphatic hydroxyl groups is 1. The van der Waals surface area contributed by atoms with Crippen LogP contribution in [0.25, 0.3) is 0 Å². The molecule has 0 fully saturated rings. The maximum absolute atomic E-state index is 13.1. The van der Waals surface area contributed by atoms with Crippen molar-refractivity contribution in [2.75, 3.05) is 19.8 Å². The Kier molecular flexibility index (Phi) is 11.9. The van der Waals surface area contributed by atoms with Gasteiger partial charge in [-0.25, -0.2) is 13.2 Å². The van der Waals surface area contributed by atoms with E-state index in [1.807, 2.05) is 13.0 Å². The number of hydrogen-bond acceptors (Lipinski definition) is 7. The van der Waals surface area contributed by atoms with Crippen LogP contribution < -0.4 is 10.1 Å². The van der Waals surface area contributed by atoms with E-state index in [1.165, 1.54) is 12.1 Å². The van der Waals surface area contributed by atoms with Crippen molar-refractivity contribution in [1.29, 1.82) is 0 Å². The molecule has 10 heteroatoms. The average Bonchev–Trinajstić information content (AvgIpc) is 2.87. The highest BCUT2D eigenvalue weighted by atomic mass is 35.5. The smallest absolute Gasteiger partial charge is 0.344 e. The van der Waals surface area contributed by atoms with Crippen LogP contribution in [0.4, 0.5) is 0 Å². The van der Waals surface area contributed by atoms with Crippen molar-refractivity contribution in [3.63, 3.8) is 0 Å². The molecule has 200 valence electrons. The standard InChI is InChI=1S/C27H30ClNO6S.ClH/c1-3-34-27(31)18-35-23-8-5-9-25(16-23)36(32,33)24-12-10-20(11-13-24)14-19(2)29-17-26(30)21-6-4-7-22(28)15-21;/h4-13,15-16,19,26,29-30H,3,14,17-18H2,1-2H3;1H/t19-,26+;/m1./s1. The predicted octanol–water partition coefficient (Wildman–Crippen LogP) is 4.79. The number of halogens is 2. The van der Waals surface area contributed by atoms with Gasteiger partial charge in [0, 0.05) is 17.6 Å². The lowest BCUT2D eigenvalue weighted by atomic mass is 10.1. The molecule has 0 aliphatic rings. The summed E-state index contributed by atoms with van der Waals surface area (Å²) in [6, 6.07) is 19.9. The van der Waals surface area contributed by atoms with Crippen LogP contribution >= 0.6 is 24.0 Å². The summed E-state index contributed by atoms with van der Waals surface area (Å²) in [7, 11) is -3.77. The molecule has 0 saturated heterocycles. The second-order valence-electron chi connectivity index (χ2n) is 8.30. The zero-order valence-corrected chi connectivity index (χ0v) is 23.0. The summed E-state index contributed by atoms with van der Waals surface area (Å²) in [6.07, 6.45) is -0.0320. The molecular formula is C27H31Cl2NO6S. The van der Waals surface area contributed by atoms with Gasteiger partial charge < -0.3 is 19.9 Å². The van der Waals surface area contributed by atoms with Gasteiger partial charge >= 0.3 is 5.97 Å². The van der Waals surface area contributed by atoms with Crippen LogP contribution in [0.2, 0.25) is 5.02 Å². The van der Waals surface area contributed by atoms with Crippen LogP contribution in [0, 0.1) is 0 Å². The van der Waals surface area contributed by atoms with Crippen LogP contribution in [-0.4, -0.2) is 45.3 Å². The van der Waals surface area contributed by atoms with Gasteiger partial charge in [-0.3, -0.25) is 0 Å². The number of hydrogen-bond donors (Lipinski definition) is 2. The molecule has 37 heavy (non-hydrogen) atoms. The van der Waals surface area contributed by atoms with E-state index < -0.39 is 21.9 Å². The minimum atomic E-state index is -3.77. The Morgan fingerprint density at radius 1 is 1.03 bits per heavy atom. The number of carbonyl (C=O) groups is 1. The molecule has 0 radical (unpaired) electrons. The Morgan fingerprint density at radius 2 is 1.73 bits per heavy atom. The molecule has 7 nitrogen and oxygen atoms in total. The van der Waals surface area contributed by atoms with Gasteiger partial charge in [0.1, 0.15) is 5.75 Å². The fourth-order valence-corrected chi connectivity index (χ4v) is 5.08. The van der Waals surface area contributed by atoms with Gasteiger partial charge in [-0.15, -0.1) is 12.4 Å². The number of rotatable bonds is 12.